The highest BCUT2D eigenvalue weighted by Crippen LogP contribution is 2.29. The van der Waals surface area contributed by atoms with Crippen molar-refractivity contribution in [1.29, 1.82) is 0 Å². The van der Waals surface area contributed by atoms with Crippen LogP contribution in [0.2, 0.25) is 0 Å². The van der Waals surface area contributed by atoms with Crippen molar-refractivity contribution in [2.45, 2.75) is 31.5 Å². The van der Waals surface area contributed by atoms with Gasteiger partial charge in [0.25, 0.3) is 0 Å². The van der Waals surface area contributed by atoms with Gasteiger partial charge in [-0.05, 0) is 24.3 Å². The molecule has 1 aromatic rings. The van der Waals surface area contributed by atoms with Crippen molar-refractivity contribution in [3.8, 4) is 0 Å². The molecule has 19 heavy (non-hydrogen) atoms. The summed E-state index contributed by atoms with van der Waals surface area (Å²) in [7, 11) is 1.69. The fourth-order valence-corrected chi connectivity index (χ4v) is 2.89. The van der Waals surface area contributed by atoms with Crippen molar-refractivity contribution in [2.24, 2.45) is 0 Å². The van der Waals surface area contributed by atoms with Crippen LogP contribution < -0.4 is 5.32 Å². The fraction of sp³-hybridized carbons (Fsp3) is 0.714. The smallest absolute Gasteiger partial charge is 0.0791 e. The zero-order valence-electron chi connectivity index (χ0n) is 11.5. The standard InChI is InChI=1S/C14H24N2O2S/c1-18-7-6-15-9-13(17)10-16(12-4-5-12)11-14-3-2-8-19-14/h2-3,8,12-13,15,17H,4-7,9-11H2,1H3. The Kier molecular flexibility index (Phi) is 6.26. The maximum Gasteiger partial charge on any atom is 0.0791 e. The molecular weight excluding hydrogens is 260 g/mol. The fourth-order valence-electron chi connectivity index (χ4n) is 2.16. The van der Waals surface area contributed by atoms with Crippen LogP contribution in [-0.4, -0.2) is 55.5 Å². The van der Waals surface area contributed by atoms with Gasteiger partial charge in [0.05, 0.1) is 12.7 Å². The zero-order chi connectivity index (χ0) is 13.5. The molecule has 0 spiro atoms. The van der Waals surface area contributed by atoms with Crippen LogP contribution in [0.1, 0.15) is 17.7 Å². The van der Waals surface area contributed by atoms with Crippen molar-refractivity contribution in [2.75, 3.05) is 33.4 Å². The molecule has 5 heteroatoms. The second kappa shape index (κ2) is 7.97. The molecule has 1 aliphatic carbocycles. The Balaban J connectivity index is 1.70. The SMILES string of the molecule is COCCNCC(O)CN(Cc1cccs1)C1CC1. The van der Waals surface area contributed by atoms with E-state index < -0.39 is 0 Å². The van der Waals surface area contributed by atoms with Gasteiger partial charge < -0.3 is 15.2 Å². The Morgan fingerprint density at radius 1 is 1.58 bits per heavy atom. The van der Waals surface area contributed by atoms with Gasteiger partial charge in [0.2, 0.25) is 0 Å². The second-order valence-corrected chi connectivity index (χ2v) is 6.12. The van der Waals surface area contributed by atoms with Gasteiger partial charge in [-0.25, -0.2) is 0 Å². The Labute approximate surface area is 119 Å². The van der Waals surface area contributed by atoms with Crippen LogP contribution in [-0.2, 0) is 11.3 Å². The number of ether oxygens (including phenoxy) is 1. The largest absolute Gasteiger partial charge is 0.390 e. The normalized spacial score (nSPS) is 17.0. The van der Waals surface area contributed by atoms with E-state index in [1.54, 1.807) is 18.4 Å². The summed E-state index contributed by atoms with van der Waals surface area (Å²) in [6.45, 7) is 3.84. The molecule has 0 aromatic carbocycles. The molecule has 1 aromatic heterocycles. The number of thiophene rings is 1. The lowest BCUT2D eigenvalue weighted by atomic mass is 10.3. The Bertz CT molecular complexity index is 341. The molecular formula is C14H24N2O2S. The van der Waals surface area contributed by atoms with E-state index in [1.807, 2.05) is 0 Å². The van der Waals surface area contributed by atoms with Gasteiger partial charge in [-0.3, -0.25) is 4.90 Å². The van der Waals surface area contributed by atoms with E-state index in [-0.39, 0.29) is 6.10 Å². The minimum absolute atomic E-state index is 0.308. The monoisotopic (exact) mass is 284 g/mol. The third-order valence-electron chi connectivity index (χ3n) is 3.31. The van der Waals surface area contributed by atoms with E-state index in [2.05, 4.69) is 27.7 Å². The Morgan fingerprint density at radius 2 is 2.42 bits per heavy atom. The molecule has 0 radical (unpaired) electrons. The summed E-state index contributed by atoms with van der Waals surface area (Å²) in [5.74, 6) is 0. The van der Waals surface area contributed by atoms with Crippen molar-refractivity contribution < 1.29 is 9.84 Å². The van der Waals surface area contributed by atoms with Gasteiger partial charge >= 0.3 is 0 Å². The lowest BCUT2D eigenvalue weighted by Crippen LogP contribution is -2.39. The summed E-state index contributed by atoms with van der Waals surface area (Å²) in [6.07, 6.45) is 2.24. The Hall–Kier alpha value is -0.460. The first-order valence-corrected chi connectivity index (χ1v) is 7.81. The number of rotatable bonds is 10. The van der Waals surface area contributed by atoms with Gasteiger partial charge in [0.15, 0.2) is 0 Å². The van der Waals surface area contributed by atoms with Crippen LogP contribution in [0.5, 0.6) is 0 Å². The molecule has 0 bridgehead atoms. The average Bonchev–Trinajstić information content (AvgIpc) is 3.13. The maximum absolute atomic E-state index is 10.1. The molecule has 0 saturated heterocycles. The predicted molar refractivity (Wildman–Crippen MR) is 78.5 cm³/mol. The van der Waals surface area contributed by atoms with Gasteiger partial charge in [-0.1, -0.05) is 6.07 Å². The minimum atomic E-state index is -0.308. The molecule has 2 rings (SSSR count). The van der Waals surface area contributed by atoms with Crippen LogP contribution in [0.25, 0.3) is 0 Å². The number of methoxy groups -OCH3 is 1. The number of hydrogen-bond donors (Lipinski definition) is 2. The molecule has 1 fully saturated rings. The quantitative estimate of drug-likeness (QED) is 0.636. The second-order valence-electron chi connectivity index (χ2n) is 5.09. The highest BCUT2D eigenvalue weighted by Gasteiger charge is 2.30. The summed E-state index contributed by atoms with van der Waals surface area (Å²) in [5.41, 5.74) is 0. The van der Waals surface area contributed by atoms with E-state index in [4.69, 9.17) is 4.74 Å². The summed E-state index contributed by atoms with van der Waals surface area (Å²) in [4.78, 5) is 3.79. The topological polar surface area (TPSA) is 44.7 Å². The summed E-state index contributed by atoms with van der Waals surface area (Å²) in [5, 5.41) is 15.4. The van der Waals surface area contributed by atoms with Gasteiger partial charge in [-0.2, -0.15) is 0 Å². The third-order valence-corrected chi connectivity index (χ3v) is 4.17. The molecule has 108 valence electrons. The van der Waals surface area contributed by atoms with Crippen molar-refractivity contribution in [1.82, 2.24) is 10.2 Å². The number of nitrogens with zero attached hydrogens (tertiary/aromatic N) is 1. The lowest BCUT2D eigenvalue weighted by molar-refractivity contribution is 0.101. The van der Waals surface area contributed by atoms with Crippen LogP contribution in [0.15, 0.2) is 17.5 Å². The van der Waals surface area contributed by atoms with E-state index >= 15 is 0 Å². The van der Waals surface area contributed by atoms with Gasteiger partial charge in [0, 0.05) is 44.2 Å². The first kappa shape index (κ1) is 14.9. The molecule has 2 N–H and O–H groups in total. The summed E-state index contributed by atoms with van der Waals surface area (Å²) in [6, 6.07) is 4.94. The minimum Gasteiger partial charge on any atom is -0.390 e. The van der Waals surface area contributed by atoms with E-state index in [0.29, 0.717) is 19.2 Å². The number of nitrogens with one attached hydrogen (secondary N) is 1. The van der Waals surface area contributed by atoms with Crippen LogP contribution >= 0.6 is 11.3 Å². The average molecular weight is 284 g/mol. The molecule has 0 aliphatic heterocycles. The summed E-state index contributed by atoms with van der Waals surface area (Å²) < 4.78 is 4.97. The predicted octanol–water partition coefficient (Wildman–Crippen LogP) is 1.31. The van der Waals surface area contributed by atoms with Crippen LogP contribution in [0.4, 0.5) is 0 Å². The maximum atomic E-state index is 10.1. The van der Waals surface area contributed by atoms with Crippen LogP contribution in [0.3, 0.4) is 0 Å². The first-order valence-electron chi connectivity index (χ1n) is 6.93. The van der Waals surface area contributed by atoms with E-state index in [9.17, 15) is 5.11 Å². The van der Waals surface area contributed by atoms with Crippen molar-refractivity contribution in [3.05, 3.63) is 22.4 Å². The zero-order valence-corrected chi connectivity index (χ0v) is 12.4. The molecule has 1 aliphatic rings. The molecule has 1 saturated carbocycles. The number of aliphatic hydroxyl groups is 1. The van der Waals surface area contributed by atoms with Crippen molar-refractivity contribution in [3.63, 3.8) is 0 Å². The molecule has 1 atom stereocenters. The van der Waals surface area contributed by atoms with E-state index in [1.165, 1.54) is 17.7 Å². The number of aliphatic hydroxyl groups excluding tert-OH is 1. The summed E-state index contributed by atoms with van der Waals surface area (Å²) >= 11 is 1.79. The van der Waals surface area contributed by atoms with Gasteiger partial charge in [-0.15, -0.1) is 11.3 Å². The van der Waals surface area contributed by atoms with Gasteiger partial charge in [0.1, 0.15) is 0 Å². The lowest BCUT2D eigenvalue weighted by Gasteiger charge is -2.24. The number of hydrogen-bond acceptors (Lipinski definition) is 5. The highest BCUT2D eigenvalue weighted by atomic mass is 32.1. The molecule has 0 amide bonds. The molecule has 1 unspecified atom stereocenters. The Morgan fingerprint density at radius 3 is 3.05 bits per heavy atom. The van der Waals surface area contributed by atoms with E-state index in [0.717, 1.165) is 19.6 Å². The van der Waals surface area contributed by atoms with Crippen molar-refractivity contribution >= 4 is 11.3 Å². The third kappa shape index (κ3) is 5.58. The first-order chi connectivity index (χ1) is 9.29. The molecule has 4 nitrogen and oxygen atoms in total. The highest BCUT2D eigenvalue weighted by molar-refractivity contribution is 7.09. The van der Waals surface area contributed by atoms with Crippen LogP contribution in [0, 0.1) is 0 Å². The molecule has 1 heterocycles.